The number of carbonyl (C=O) groups is 2. The smallest absolute Gasteiger partial charge is 0.313 e. The Morgan fingerprint density at radius 3 is 2.71 bits per heavy atom. The molecule has 2 saturated heterocycles. The molecule has 9 heteroatoms. The largest absolute Gasteiger partial charge is 0.383 e. The molecule has 0 bridgehead atoms. The average molecular weight is 476 g/mol. The zero-order chi connectivity index (χ0) is 24.7. The first-order valence-corrected chi connectivity index (χ1v) is 12.4. The molecule has 2 amide bonds. The first kappa shape index (κ1) is 23.3. The number of aryl methyl sites for hydroxylation is 1. The first-order chi connectivity index (χ1) is 16.8. The highest BCUT2D eigenvalue weighted by molar-refractivity contribution is 6.39. The fraction of sp³-hybridized carbons (Fsp3) is 0.462. The molecule has 3 N–H and O–H groups in total. The van der Waals surface area contributed by atoms with Gasteiger partial charge >= 0.3 is 11.8 Å². The number of fused-ring (bicyclic) bond motifs is 1. The number of nitrogens with zero attached hydrogens (tertiary/aromatic N) is 5. The van der Waals surface area contributed by atoms with E-state index in [-0.39, 0.29) is 6.04 Å². The van der Waals surface area contributed by atoms with Crippen molar-refractivity contribution in [3.63, 3.8) is 0 Å². The van der Waals surface area contributed by atoms with Gasteiger partial charge in [0.25, 0.3) is 0 Å². The number of anilines is 2. The third-order valence-corrected chi connectivity index (χ3v) is 7.26. The van der Waals surface area contributed by atoms with Crippen molar-refractivity contribution in [2.45, 2.75) is 45.2 Å². The highest BCUT2D eigenvalue weighted by Gasteiger charge is 2.34. The molecule has 5 rings (SSSR count). The Morgan fingerprint density at radius 1 is 1.17 bits per heavy atom. The predicted octanol–water partition coefficient (Wildman–Crippen LogP) is 3.00. The summed E-state index contributed by atoms with van der Waals surface area (Å²) in [6.07, 6.45) is 6.10. The summed E-state index contributed by atoms with van der Waals surface area (Å²) >= 11 is 0. The summed E-state index contributed by atoms with van der Waals surface area (Å²) in [7, 11) is 2.11. The molecule has 0 radical (unpaired) electrons. The van der Waals surface area contributed by atoms with E-state index >= 15 is 0 Å². The van der Waals surface area contributed by atoms with Crippen molar-refractivity contribution in [1.29, 1.82) is 0 Å². The summed E-state index contributed by atoms with van der Waals surface area (Å²) in [5.41, 5.74) is 9.18. The van der Waals surface area contributed by atoms with Crippen molar-refractivity contribution >= 4 is 34.2 Å². The Bertz CT molecular complexity index is 1260. The van der Waals surface area contributed by atoms with Crippen LogP contribution in [-0.4, -0.2) is 63.1 Å². The zero-order valence-corrected chi connectivity index (χ0v) is 20.6. The van der Waals surface area contributed by atoms with Crippen LogP contribution >= 0.6 is 0 Å². The number of piperidine rings is 1. The Kier molecular flexibility index (Phi) is 6.19. The minimum atomic E-state index is -0.652. The Labute approximate surface area is 205 Å². The van der Waals surface area contributed by atoms with Gasteiger partial charge in [-0.15, -0.1) is 0 Å². The van der Waals surface area contributed by atoms with Crippen LogP contribution < -0.4 is 11.1 Å². The summed E-state index contributed by atoms with van der Waals surface area (Å²) in [4.78, 5) is 34.4. The lowest BCUT2D eigenvalue weighted by atomic mass is 9.89. The first-order valence-electron chi connectivity index (χ1n) is 12.4. The maximum absolute atomic E-state index is 13.3. The van der Waals surface area contributed by atoms with Crippen molar-refractivity contribution < 1.29 is 9.59 Å². The Hall–Kier alpha value is -3.46. The molecule has 4 heterocycles. The number of likely N-dealkylation sites (N-methyl/N-ethyl adjacent to an activating group) is 1. The van der Waals surface area contributed by atoms with Crippen LogP contribution in [0.4, 0.5) is 11.5 Å². The number of benzene rings is 1. The number of amides is 2. The lowest BCUT2D eigenvalue weighted by Gasteiger charge is -2.38. The van der Waals surface area contributed by atoms with Crippen molar-refractivity contribution in [1.82, 2.24) is 24.6 Å². The lowest BCUT2D eigenvalue weighted by molar-refractivity contribution is -0.146. The van der Waals surface area contributed by atoms with Crippen molar-refractivity contribution in [2.24, 2.45) is 5.92 Å². The van der Waals surface area contributed by atoms with E-state index in [4.69, 9.17) is 10.8 Å². The highest BCUT2D eigenvalue weighted by Crippen LogP contribution is 2.35. The fourth-order valence-electron chi connectivity index (χ4n) is 5.20. The van der Waals surface area contributed by atoms with Gasteiger partial charge in [-0.2, -0.15) is 5.10 Å². The third-order valence-electron chi connectivity index (χ3n) is 7.26. The van der Waals surface area contributed by atoms with Gasteiger partial charge in [-0.05, 0) is 61.6 Å². The lowest BCUT2D eigenvalue weighted by Crippen LogP contribution is -2.46. The quantitative estimate of drug-likeness (QED) is 0.562. The third kappa shape index (κ3) is 4.60. The molecule has 0 spiro atoms. The van der Waals surface area contributed by atoms with Crippen LogP contribution in [0.5, 0.6) is 0 Å². The van der Waals surface area contributed by atoms with Gasteiger partial charge in [0.15, 0.2) is 0 Å². The topological polar surface area (TPSA) is 109 Å². The number of nitrogen functional groups attached to an aromatic ring is 1. The van der Waals surface area contributed by atoms with Gasteiger partial charge in [0.05, 0.1) is 29.5 Å². The number of pyridine rings is 1. The number of rotatable bonds is 4. The molecule has 35 heavy (non-hydrogen) atoms. The summed E-state index contributed by atoms with van der Waals surface area (Å²) in [5, 5.41) is 8.53. The van der Waals surface area contributed by atoms with Crippen molar-refractivity contribution in [2.75, 3.05) is 37.7 Å². The van der Waals surface area contributed by atoms with Crippen molar-refractivity contribution in [3.05, 3.63) is 47.8 Å². The number of nitrogens with two attached hydrogens (primary N) is 1. The molecular formula is C26H33N7O2. The molecule has 0 unspecified atom stereocenters. The maximum Gasteiger partial charge on any atom is 0.313 e. The van der Waals surface area contributed by atoms with Crippen LogP contribution in [0.3, 0.4) is 0 Å². The van der Waals surface area contributed by atoms with Crippen molar-refractivity contribution in [3.8, 4) is 0 Å². The summed E-state index contributed by atoms with van der Waals surface area (Å²) in [6.45, 7) is 6.64. The second-order valence-corrected chi connectivity index (χ2v) is 10.0. The number of aromatic nitrogens is 3. The second-order valence-electron chi connectivity index (χ2n) is 10.0. The molecule has 2 atom stereocenters. The zero-order valence-electron chi connectivity index (χ0n) is 20.6. The molecule has 1 aromatic carbocycles. The van der Waals surface area contributed by atoms with Crippen LogP contribution in [0, 0.1) is 5.92 Å². The standard InChI is InChI=1S/C26H33N7O2/c1-4-17-10-20(11-28-24(17)27)29-25(34)26(35)32-12-16(2)5-8-23(32)18-6-7-22-19(9-18)13-33(30-22)21-14-31(3)15-21/h6-7,9-11,13,16,21,23H,4-5,8,12,14-15H2,1-3H3,(H2,27,28)(H,29,34)/t16-,23+/m0/s1. The number of likely N-dealkylation sites (tertiary alicyclic amines) is 2. The van der Waals surface area contributed by atoms with Crippen LogP contribution in [0.15, 0.2) is 36.7 Å². The molecular weight excluding hydrogens is 442 g/mol. The minimum Gasteiger partial charge on any atom is -0.383 e. The summed E-state index contributed by atoms with van der Waals surface area (Å²) < 4.78 is 2.05. The number of hydrogen-bond donors (Lipinski definition) is 2. The Balaban J connectivity index is 1.36. The predicted molar refractivity (Wildman–Crippen MR) is 136 cm³/mol. The molecule has 3 aromatic rings. The fourth-order valence-corrected chi connectivity index (χ4v) is 5.20. The molecule has 184 valence electrons. The molecule has 2 fully saturated rings. The number of carbonyl (C=O) groups excluding carboxylic acids is 2. The molecule has 9 nitrogen and oxygen atoms in total. The summed E-state index contributed by atoms with van der Waals surface area (Å²) in [5.74, 6) is -0.412. The second kappa shape index (κ2) is 9.30. The number of hydrogen-bond acceptors (Lipinski definition) is 6. The van der Waals surface area contributed by atoms with E-state index in [0.717, 1.165) is 48.0 Å². The van der Waals surface area contributed by atoms with Gasteiger partial charge in [0.1, 0.15) is 5.82 Å². The molecule has 2 aromatic heterocycles. The SMILES string of the molecule is CCc1cc(NC(=O)C(=O)N2C[C@@H](C)CC[C@@H]2c2ccc3nn(C4CN(C)C4)cc3c2)cnc1N. The van der Waals surface area contributed by atoms with Crippen LogP contribution in [0.2, 0.25) is 0 Å². The molecule has 2 aliphatic heterocycles. The van der Waals surface area contributed by atoms with Crippen LogP contribution in [0.1, 0.15) is 49.9 Å². The van der Waals surface area contributed by atoms with Gasteiger partial charge < -0.3 is 20.9 Å². The van der Waals surface area contributed by atoms with Gasteiger partial charge in [0.2, 0.25) is 0 Å². The minimum absolute atomic E-state index is 0.150. The average Bonchev–Trinajstić information content (AvgIpc) is 3.25. The molecule has 0 saturated carbocycles. The van der Waals surface area contributed by atoms with Gasteiger partial charge in [-0.3, -0.25) is 14.3 Å². The van der Waals surface area contributed by atoms with Crippen LogP contribution in [0.25, 0.3) is 10.9 Å². The molecule has 0 aliphatic carbocycles. The van der Waals surface area contributed by atoms with E-state index in [1.54, 1.807) is 11.0 Å². The maximum atomic E-state index is 13.3. The van der Waals surface area contributed by atoms with Crippen LogP contribution in [-0.2, 0) is 16.0 Å². The van der Waals surface area contributed by atoms with E-state index in [1.165, 1.54) is 6.20 Å². The van der Waals surface area contributed by atoms with E-state index in [1.807, 2.05) is 19.1 Å². The number of nitrogens with one attached hydrogen (secondary N) is 1. The van der Waals surface area contributed by atoms with E-state index in [2.05, 4.69) is 46.1 Å². The Morgan fingerprint density at radius 2 is 1.97 bits per heavy atom. The monoisotopic (exact) mass is 475 g/mol. The van der Waals surface area contributed by atoms with Gasteiger partial charge in [0, 0.05) is 31.2 Å². The normalized spacial score (nSPS) is 21.2. The van der Waals surface area contributed by atoms with E-state index < -0.39 is 11.8 Å². The van der Waals surface area contributed by atoms with E-state index in [0.29, 0.717) is 36.4 Å². The van der Waals surface area contributed by atoms with Gasteiger partial charge in [-0.1, -0.05) is 19.9 Å². The molecule has 2 aliphatic rings. The van der Waals surface area contributed by atoms with Gasteiger partial charge in [-0.25, -0.2) is 4.98 Å². The highest BCUT2D eigenvalue weighted by atomic mass is 16.2. The summed E-state index contributed by atoms with van der Waals surface area (Å²) in [6, 6.07) is 8.22. The van der Waals surface area contributed by atoms with E-state index in [9.17, 15) is 9.59 Å².